The van der Waals surface area contributed by atoms with Crippen LogP contribution in [-0.2, 0) is 10.0 Å². The Morgan fingerprint density at radius 3 is 2.37 bits per heavy atom. The molecule has 0 aliphatic rings. The number of likely N-dealkylation sites (N-methyl/N-ethyl adjacent to an activating group) is 1. The highest BCUT2D eigenvalue weighted by Gasteiger charge is 2.12. The molecule has 2 aromatic carbocycles. The quantitative estimate of drug-likeness (QED) is 0.690. The maximum atomic E-state index is 11.7. The van der Waals surface area contributed by atoms with E-state index in [9.17, 15) is 8.42 Å². The average Bonchev–Trinajstić information content (AvgIpc) is 2.61. The lowest BCUT2D eigenvalue weighted by Gasteiger charge is -2.21. The molecule has 0 unspecified atom stereocenters. The molecule has 0 aliphatic heterocycles. The first-order chi connectivity index (χ1) is 12.7. The van der Waals surface area contributed by atoms with Crippen molar-refractivity contribution in [2.45, 2.75) is 6.92 Å². The van der Waals surface area contributed by atoms with Crippen molar-refractivity contribution in [1.29, 1.82) is 0 Å². The fourth-order valence-electron chi connectivity index (χ4n) is 2.41. The molecular formula is C19H26N4O2S2. The lowest BCUT2D eigenvalue weighted by Crippen LogP contribution is -2.35. The van der Waals surface area contributed by atoms with Crippen LogP contribution in [-0.4, -0.2) is 47.0 Å². The Morgan fingerprint density at radius 2 is 1.74 bits per heavy atom. The normalized spacial score (nSPS) is 11.0. The van der Waals surface area contributed by atoms with Gasteiger partial charge in [-0.05, 0) is 49.5 Å². The molecule has 8 heteroatoms. The number of benzene rings is 2. The van der Waals surface area contributed by atoms with Crippen LogP contribution >= 0.6 is 12.2 Å². The Morgan fingerprint density at radius 1 is 1.07 bits per heavy atom. The van der Waals surface area contributed by atoms with Gasteiger partial charge in [-0.3, -0.25) is 4.31 Å². The predicted molar refractivity (Wildman–Crippen MR) is 118 cm³/mol. The molecule has 0 atom stereocenters. The minimum Gasteiger partial charge on any atom is -0.373 e. The van der Waals surface area contributed by atoms with Gasteiger partial charge in [-0.15, -0.1) is 0 Å². The minimum atomic E-state index is -3.30. The maximum Gasteiger partial charge on any atom is 0.231 e. The molecule has 0 heterocycles. The van der Waals surface area contributed by atoms with E-state index in [0.717, 1.165) is 17.9 Å². The van der Waals surface area contributed by atoms with Crippen LogP contribution in [0.1, 0.15) is 5.56 Å². The zero-order valence-electron chi connectivity index (χ0n) is 16.1. The van der Waals surface area contributed by atoms with Crippen molar-refractivity contribution < 1.29 is 8.42 Å². The number of anilines is 3. The van der Waals surface area contributed by atoms with Crippen molar-refractivity contribution >= 4 is 44.4 Å². The number of hydrogen-bond acceptors (Lipinski definition) is 4. The van der Waals surface area contributed by atoms with Gasteiger partial charge in [0, 0.05) is 38.6 Å². The minimum absolute atomic E-state index is 0.492. The molecule has 0 saturated heterocycles. The molecule has 0 fully saturated rings. The molecule has 27 heavy (non-hydrogen) atoms. The predicted octanol–water partition coefficient (Wildman–Crippen LogP) is 2.81. The third kappa shape index (κ3) is 6.41. The summed E-state index contributed by atoms with van der Waals surface area (Å²) in [6, 6.07) is 15.5. The van der Waals surface area contributed by atoms with Crippen LogP contribution in [0.25, 0.3) is 0 Å². The number of nitrogens with one attached hydrogen (secondary N) is 2. The largest absolute Gasteiger partial charge is 0.373 e. The van der Waals surface area contributed by atoms with E-state index in [2.05, 4.69) is 46.7 Å². The molecule has 2 aromatic rings. The zero-order valence-corrected chi connectivity index (χ0v) is 17.7. The van der Waals surface area contributed by atoms with E-state index in [4.69, 9.17) is 12.2 Å². The van der Waals surface area contributed by atoms with Crippen LogP contribution in [0.5, 0.6) is 0 Å². The maximum absolute atomic E-state index is 11.7. The highest BCUT2D eigenvalue weighted by molar-refractivity contribution is 7.92. The second kappa shape index (κ2) is 9.05. The van der Waals surface area contributed by atoms with E-state index in [1.54, 1.807) is 18.2 Å². The summed E-state index contributed by atoms with van der Waals surface area (Å²) in [5.41, 5.74) is 3.69. The smallest absolute Gasteiger partial charge is 0.231 e. The summed E-state index contributed by atoms with van der Waals surface area (Å²) < 4.78 is 24.6. The Balaban J connectivity index is 1.86. The Labute approximate surface area is 167 Å². The average molecular weight is 407 g/mol. The number of hydrogen-bond donors (Lipinski definition) is 2. The second-order valence-electron chi connectivity index (χ2n) is 6.42. The van der Waals surface area contributed by atoms with Gasteiger partial charge in [-0.2, -0.15) is 0 Å². The van der Waals surface area contributed by atoms with Gasteiger partial charge >= 0.3 is 0 Å². The molecule has 0 aromatic heterocycles. The third-order valence-corrected chi connectivity index (χ3v) is 5.62. The van der Waals surface area contributed by atoms with Gasteiger partial charge in [-0.1, -0.05) is 23.8 Å². The Kier molecular flexibility index (Phi) is 7.04. The monoisotopic (exact) mass is 406 g/mol. The van der Waals surface area contributed by atoms with Crippen LogP contribution in [0.2, 0.25) is 0 Å². The standard InChI is InChI=1S/C19H26N4O2S2/c1-15-8-10-17(11-9-15)22(2)13-12-20-19(26)21-16-6-5-7-18(14-16)23(3)27(4,24)25/h5-11,14H,12-13H2,1-4H3,(H2,20,21,26). The van der Waals surface area contributed by atoms with Crippen molar-refractivity contribution in [3.05, 3.63) is 54.1 Å². The summed E-state index contributed by atoms with van der Waals surface area (Å²) in [5, 5.41) is 6.75. The fraction of sp³-hybridized carbons (Fsp3) is 0.316. The number of thiocarbonyl (C=S) groups is 1. The molecule has 0 aliphatic carbocycles. The van der Waals surface area contributed by atoms with Crippen molar-refractivity contribution in [3.63, 3.8) is 0 Å². The molecule has 2 N–H and O–H groups in total. The van der Waals surface area contributed by atoms with Crippen LogP contribution in [0.4, 0.5) is 17.1 Å². The van der Waals surface area contributed by atoms with Crippen LogP contribution in [0.15, 0.2) is 48.5 Å². The van der Waals surface area contributed by atoms with Gasteiger partial charge in [0.15, 0.2) is 5.11 Å². The summed E-state index contributed by atoms with van der Waals surface area (Å²) in [6.07, 6.45) is 1.17. The summed E-state index contributed by atoms with van der Waals surface area (Å²) in [5.74, 6) is 0. The zero-order chi connectivity index (χ0) is 20.0. The van der Waals surface area contributed by atoms with Crippen molar-refractivity contribution in [3.8, 4) is 0 Å². The molecule has 0 saturated carbocycles. The van der Waals surface area contributed by atoms with E-state index < -0.39 is 10.0 Å². The molecular weight excluding hydrogens is 380 g/mol. The number of aryl methyl sites for hydroxylation is 1. The van der Waals surface area contributed by atoms with E-state index >= 15 is 0 Å². The van der Waals surface area contributed by atoms with Crippen molar-refractivity contribution in [2.75, 3.05) is 48.0 Å². The summed E-state index contributed by atoms with van der Waals surface area (Å²) in [4.78, 5) is 2.15. The van der Waals surface area contributed by atoms with Gasteiger partial charge in [0.05, 0.1) is 11.9 Å². The van der Waals surface area contributed by atoms with Crippen molar-refractivity contribution in [2.24, 2.45) is 0 Å². The summed E-state index contributed by atoms with van der Waals surface area (Å²) in [7, 11) is 0.252. The highest BCUT2D eigenvalue weighted by Crippen LogP contribution is 2.20. The Bertz CT molecular complexity index is 883. The molecule has 0 radical (unpaired) electrons. The van der Waals surface area contributed by atoms with Crippen LogP contribution < -0.4 is 19.8 Å². The first-order valence-electron chi connectivity index (χ1n) is 8.53. The number of rotatable bonds is 7. The molecule has 2 rings (SSSR count). The van der Waals surface area contributed by atoms with Crippen LogP contribution in [0.3, 0.4) is 0 Å². The first-order valence-corrected chi connectivity index (χ1v) is 10.8. The molecule has 0 bridgehead atoms. The van der Waals surface area contributed by atoms with Gasteiger partial charge < -0.3 is 15.5 Å². The molecule has 0 amide bonds. The molecule has 0 spiro atoms. The fourth-order valence-corrected chi connectivity index (χ4v) is 3.13. The lowest BCUT2D eigenvalue weighted by molar-refractivity contribution is 0.600. The first kappa shape index (κ1) is 21.0. The van der Waals surface area contributed by atoms with E-state index in [1.165, 1.54) is 23.2 Å². The highest BCUT2D eigenvalue weighted by atomic mass is 32.2. The summed E-state index contributed by atoms with van der Waals surface area (Å²) >= 11 is 5.33. The van der Waals surface area contributed by atoms with Crippen molar-refractivity contribution in [1.82, 2.24) is 5.32 Å². The van der Waals surface area contributed by atoms with E-state index in [0.29, 0.717) is 17.3 Å². The van der Waals surface area contributed by atoms with Gasteiger partial charge in [0.1, 0.15) is 0 Å². The second-order valence-corrected chi connectivity index (χ2v) is 8.84. The van der Waals surface area contributed by atoms with Gasteiger partial charge in [0.25, 0.3) is 0 Å². The van der Waals surface area contributed by atoms with Gasteiger partial charge in [-0.25, -0.2) is 8.42 Å². The van der Waals surface area contributed by atoms with E-state index in [-0.39, 0.29) is 0 Å². The SMILES string of the molecule is Cc1ccc(N(C)CCNC(=S)Nc2cccc(N(C)S(C)(=O)=O)c2)cc1. The lowest BCUT2D eigenvalue weighted by atomic mass is 10.2. The van der Waals surface area contributed by atoms with Gasteiger partial charge in [0.2, 0.25) is 10.0 Å². The third-order valence-electron chi connectivity index (χ3n) is 4.17. The molecule has 6 nitrogen and oxygen atoms in total. The number of nitrogens with zero attached hydrogens (tertiary/aromatic N) is 2. The van der Waals surface area contributed by atoms with E-state index in [1.807, 2.05) is 13.1 Å². The van der Waals surface area contributed by atoms with Crippen LogP contribution in [0, 0.1) is 6.92 Å². The topological polar surface area (TPSA) is 64.7 Å². The number of sulfonamides is 1. The Hall–Kier alpha value is -2.32. The molecule has 146 valence electrons. The summed E-state index contributed by atoms with van der Waals surface area (Å²) in [6.45, 7) is 3.54.